The highest BCUT2D eigenvalue weighted by atomic mass is 16.5. The third-order valence-corrected chi connectivity index (χ3v) is 4.80. The van der Waals surface area contributed by atoms with Gasteiger partial charge in [-0.2, -0.15) is 0 Å². The largest absolute Gasteiger partial charge is 0.489 e. The minimum atomic E-state index is -0.0359. The molecule has 0 bridgehead atoms. The van der Waals surface area contributed by atoms with Gasteiger partial charge < -0.3 is 19.9 Å². The molecule has 1 saturated heterocycles. The van der Waals surface area contributed by atoms with Crippen molar-refractivity contribution in [2.75, 3.05) is 26.4 Å². The zero-order valence-electron chi connectivity index (χ0n) is 14.5. The van der Waals surface area contributed by atoms with Crippen LogP contribution in [-0.4, -0.2) is 36.5 Å². The van der Waals surface area contributed by atoms with Gasteiger partial charge in [-0.3, -0.25) is 4.98 Å². The molecule has 25 heavy (non-hydrogen) atoms. The van der Waals surface area contributed by atoms with Crippen LogP contribution in [0.5, 0.6) is 5.75 Å². The van der Waals surface area contributed by atoms with Crippen molar-refractivity contribution < 1.29 is 14.6 Å². The molecular weight excluding hydrogens is 316 g/mol. The lowest BCUT2D eigenvalue weighted by atomic mass is 9.81. The Morgan fingerprint density at radius 2 is 1.76 bits per heavy atom. The maximum atomic E-state index is 9.71. The molecule has 1 aromatic carbocycles. The molecule has 0 saturated carbocycles. The fourth-order valence-electron chi connectivity index (χ4n) is 3.02. The van der Waals surface area contributed by atoms with E-state index in [1.807, 2.05) is 24.3 Å². The Labute approximate surface area is 149 Å². The van der Waals surface area contributed by atoms with Crippen LogP contribution in [0, 0.1) is 5.41 Å². The van der Waals surface area contributed by atoms with E-state index in [0.717, 1.165) is 50.5 Å². The van der Waals surface area contributed by atoms with Gasteiger partial charge in [0.1, 0.15) is 12.4 Å². The minimum Gasteiger partial charge on any atom is -0.489 e. The molecule has 2 heterocycles. The normalized spacial score (nSPS) is 16.5. The van der Waals surface area contributed by atoms with Crippen molar-refractivity contribution in [2.45, 2.75) is 26.0 Å². The van der Waals surface area contributed by atoms with E-state index in [0.29, 0.717) is 6.61 Å². The van der Waals surface area contributed by atoms with Gasteiger partial charge in [0, 0.05) is 44.1 Å². The third-order valence-electron chi connectivity index (χ3n) is 4.80. The number of aliphatic hydroxyl groups is 1. The Morgan fingerprint density at radius 3 is 2.44 bits per heavy atom. The number of pyridine rings is 1. The topological polar surface area (TPSA) is 63.6 Å². The van der Waals surface area contributed by atoms with E-state index < -0.39 is 0 Å². The summed E-state index contributed by atoms with van der Waals surface area (Å²) in [6.07, 6.45) is 5.37. The number of ether oxygens (including phenoxy) is 2. The first kappa shape index (κ1) is 17.9. The number of aromatic nitrogens is 1. The van der Waals surface area contributed by atoms with Crippen LogP contribution in [0.25, 0.3) is 0 Å². The summed E-state index contributed by atoms with van der Waals surface area (Å²) in [4.78, 5) is 4.00. The van der Waals surface area contributed by atoms with E-state index in [2.05, 4.69) is 22.4 Å². The van der Waals surface area contributed by atoms with Crippen LogP contribution in [0.1, 0.15) is 24.0 Å². The summed E-state index contributed by atoms with van der Waals surface area (Å²) in [5, 5.41) is 13.2. The van der Waals surface area contributed by atoms with Crippen LogP contribution >= 0.6 is 0 Å². The average molecular weight is 342 g/mol. The number of rotatable bonds is 8. The van der Waals surface area contributed by atoms with Crippen molar-refractivity contribution in [3.63, 3.8) is 0 Å². The van der Waals surface area contributed by atoms with Crippen LogP contribution in [0.3, 0.4) is 0 Å². The van der Waals surface area contributed by atoms with Gasteiger partial charge in [-0.1, -0.05) is 12.1 Å². The van der Waals surface area contributed by atoms with Gasteiger partial charge >= 0.3 is 0 Å². The first-order valence-corrected chi connectivity index (χ1v) is 8.80. The standard InChI is InChI=1S/C20H26N2O3/c23-16-20(7-11-24-12-8-20)15-22-13-17-1-3-19(4-2-17)25-14-18-5-9-21-10-6-18/h1-6,9-10,22-23H,7-8,11-16H2. The maximum Gasteiger partial charge on any atom is 0.119 e. The predicted octanol–water partition coefficient (Wildman–Crippen LogP) is 2.54. The minimum absolute atomic E-state index is 0.0359. The van der Waals surface area contributed by atoms with Gasteiger partial charge in [-0.25, -0.2) is 0 Å². The van der Waals surface area contributed by atoms with E-state index in [-0.39, 0.29) is 12.0 Å². The van der Waals surface area contributed by atoms with Crippen LogP contribution in [0.2, 0.25) is 0 Å². The van der Waals surface area contributed by atoms with E-state index in [4.69, 9.17) is 9.47 Å². The monoisotopic (exact) mass is 342 g/mol. The van der Waals surface area contributed by atoms with Gasteiger partial charge in [0.15, 0.2) is 0 Å². The molecule has 0 unspecified atom stereocenters. The number of nitrogens with zero attached hydrogens (tertiary/aromatic N) is 1. The molecule has 0 atom stereocenters. The summed E-state index contributed by atoms with van der Waals surface area (Å²) < 4.78 is 11.2. The summed E-state index contributed by atoms with van der Waals surface area (Å²) in [7, 11) is 0. The fourth-order valence-corrected chi connectivity index (χ4v) is 3.02. The molecule has 2 N–H and O–H groups in total. The van der Waals surface area contributed by atoms with Crippen molar-refractivity contribution in [2.24, 2.45) is 5.41 Å². The summed E-state index contributed by atoms with van der Waals surface area (Å²) in [5.41, 5.74) is 2.27. The Balaban J connectivity index is 1.44. The van der Waals surface area contributed by atoms with E-state index >= 15 is 0 Å². The number of benzene rings is 1. The smallest absolute Gasteiger partial charge is 0.119 e. The fraction of sp³-hybridized carbons (Fsp3) is 0.450. The molecule has 1 fully saturated rings. The molecule has 5 nitrogen and oxygen atoms in total. The van der Waals surface area contributed by atoms with E-state index in [9.17, 15) is 5.11 Å². The number of aliphatic hydroxyl groups excluding tert-OH is 1. The van der Waals surface area contributed by atoms with Crippen LogP contribution in [-0.2, 0) is 17.9 Å². The Hall–Kier alpha value is -1.95. The average Bonchev–Trinajstić information content (AvgIpc) is 2.69. The lowest BCUT2D eigenvalue weighted by molar-refractivity contribution is -0.0154. The first-order chi connectivity index (χ1) is 12.3. The molecule has 5 heteroatoms. The van der Waals surface area contributed by atoms with Crippen molar-refractivity contribution in [1.82, 2.24) is 10.3 Å². The number of nitrogens with one attached hydrogen (secondary N) is 1. The van der Waals surface area contributed by atoms with Crippen molar-refractivity contribution in [3.8, 4) is 5.75 Å². The predicted molar refractivity (Wildman–Crippen MR) is 96.3 cm³/mol. The van der Waals surface area contributed by atoms with Crippen molar-refractivity contribution in [3.05, 3.63) is 59.9 Å². The second-order valence-electron chi connectivity index (χ2n) is 6.66. The molecule has 3 rings (SSSR count). The molecular formula is C20H26N2O3. The molecule has 134 valence electrons. The zero-order valence-corrected chi connectivity index (χ0v) is 14.5. The summed E-state index contributed by atoms with van der Waals surface area (Å²) in [6, 6.07) is 12.0. The lowest BCUT2D eigenvalue weighted by Crippen LogP contribution is -2.41. The molecule has 1 aliphatic heterocycles. The third kappa shape index (κ3) is 5.26. The van der Waals surface area contributed by atoms with Gasteiger partial charge in [-0.15, -0.1) is 0 Å². The Bertz CT molecular complexity index is 625. The second kappa shape index (κ2) is 8.94. The lowest BCUT2D eigenvalue weighted by Gasteiger charge is -2.35. The quantitative estimate of drug-likeness (QED) is 0.772. The molecule has 1 aromatic heterocycles. The highest BCUT2D eigenvalue weighted by Crippen LogP contribution is 2.29. The molecule has 2 aromatic rings. The van der Waals surface area contributed by atoms with Crippen LogP contribution < -0.4 is 10.1 Å². The number of hydrogen-bond donors (Lipinski definition) is 2. The summed E-state index contributed by atoms with van der Waals surface area (Å²) >= 11 is 0. The van der Waals surface area contributed by atoms with Gasteiger partial charge in [0.25, 0.3) is 0 Å². The highest BCUT2D eigenvalue weighted by Gasteiger charge is 2.31. The second-order valence-corrected chi connectivity index (χ2v) is 6.66. The van der Waals surface area contributed by atoms with Crippen LogP contribution in [0.4, 0.5) is 0 Å². The molecule has 0 spiro atoms. The molecule has 0 amide bonds. The van der Waals surface area contributed by atoms with Gasteiger partial charge in [-0.05, 0) is 48.2 Å². The SMILES string of the molecule is OCC1(CNCc2ccc(OCc3ccncc3)cc2)CCOCC1. The van der Waals surface area contributed by atoms with E-state index in [1.54, 1.807) is 12.4 Å². The van der Waals surface area contributed by atoms with Crippen molar-refractivity contribution >= 4 is 0 Å². The molecule has 0 radical (unpaired) electrons. The van der Waals surface area contributed by atoms with Crippen molar-refractivity contribution in [1.29, 1.82) is 0 Å². The van der Waals surface area contributed by atoms with E-state index in [1.165, 1.54) is 5.56 Å². The Morgan fingerprint density at radius 1 is 1.04 bits per heavy atom. The van der Waals surface area contributed by atoms with Gasteiger partial charge in [0.2, 0.25) is 0 Å². The number of hydrogen-bond acceptors (Lipinski definition) is 5. The first-order valence-electron chi connectivity index (χ1n) is 8.80. The maximum absolute atomic E-state index is 9.71. The van der Waals surface area contributed by atoms with Gasteiger partial charge in [0.05, 0.1) is 6.61 Å². The van der Waals surface area contributed by atoms with Crippen LogP contribution in [0.15, 0.2) is 48.8 Å². The summed E-state index contributed by atoms with van der Waals surface area (Å²) in [6.45, 7) is 3.84. The highest BCUT2D eigenvalue weighted by molar-refractivity contribution is 5.27. The molecule has 0 aliphatic carbocycles. The zero-order chi connectivity index (χ0) is 17.4. The summed E-state index contributed by atoms with van der Waals surface area (Å²) in [5.74, 6) is 0.858. The molecule has 1 aliphatic rings. The Kier molecular flexibility index (Phi) is 6.39.